The summed E-state index contributed by atoms with van der Waals surface area (Å²) in [4.78, 5) is 10.5. The van der Waals surface area contributed by atoms with Gasteiger partial charge in [0.2, 0.25) is 0 Å². The predicted octanol–water partition coefficient (Wildman–Crippen LogP) is 4.35. The highest BCUT2D eigenvalue weighted by atomic mass is 127. The van der Waals surface area contributed by atoms with Gasteiger partial charge in [0.1, 0.15) is 5.01 Å². The van der Waals surface area contributed by atoms with Gasteiger partial charge >= 0.3 is 0 Å². The maximum Gasteiger partial charge on any atom is 0.191 e. The zero-order valence-electron chi connectivity index (χ0n) is 14.6. The van der Waals surface area contributed by atoms with Crippen LogP contribution in [0.3, 0.4) is 0 Å². The van der Waals surface area contributed by atoms with Gasteiger partial charge in [-0.25, -0.2) is 9.98 Å². The molecule has 1 saturated carbocycles. The summed E-state index contributed by atoms with van der Waals surface area (Å²) in [5.74, 6) is 1.82. The highest BCUT2D eigenvalue weighted by Crippen LogP contribution is 2.26. The number of aryl methyl sites for hydroxylation is 1. The van der Waals surface area contributed by atoms with Crippen molar-refractivity contribution in [2.75, 3.05) is 6.54 Å². The Morgan fingerprint density at radius 2 is 2.17 bits per heavy atom. The van der Waals surface area contributed by atoms with E-state index in [2.05, 4.69) is 36.4 Å². The molecule has 0 radical (unpaired) electrons. The van der Waals surface area contributed by atoms with Crippen LogP contribution in [0.5, 0.6) is 0 Å². The topological polar surface area (TPSA) is 49.3 Å². The number of hydrogen-bond donors (Lipinski definition) is 2. The average Bonchev–Trinajstić information content (AvgIpc) is 3.01. The summed E-state index contributed by atoms with van der Waals surface area (Å²) >= 11 is 1.77. The van der Waals surface area contributed by atoms with E-state index < -0.39 is 0 Å². The van der Waals surface area contributed by atoms with Crippen LogP contribution in [0, 0.1) is 5.92 Å². The molecule has 4 nitrogen and oxygen atoms in total. The number of nitrogens with one attached hydrogen (secondary N) is 2. The molecule has 1 aliphatic carbocycles. The zero-order chi connectivity index (χ0) is 15.8. The monoisotopic (exact) mass is 450 g/mol. The van der Waals surface area contributed by atoms with Gasteiger partial charge in [0.15, 0.2) is 5.96 Å². The predicted molar refractivity (Wildman–Crippen MR) is 111 cm³/mol. The summed E-state index contributed by atoms with van der Waals surface area (Å²) in [7, 11) is 0. The molecule has 2 rings (SSSR count). The lowest BCUT2D eigenvalue weighted by Gasteiger charge is -2.30. The number of rotatable bonds is 6. The number of guanidine groups is 1. The van der Waals surface area contributed by atoms with Crippen molar-refractivity contribution in [1.29, 1.82) is 0 Å². The summed E-state index contributed by atoms with van der Waals surface area (Å²) in [6.45, 7) is 8.16. The third-order valence-electron chi connectivity index (χ3n) is 4.37. The normalized spacial score (nSPS) is 21.6. The van der Waals surface area contributed by atoms with Crippen molar-refractivity contribution in [3.63, 3.8) is 0 Å². The fraction of sp³-hybridized carbons (Fsp3) is 0.765. The van der Waals surface area contributed by atoms with E-state index >= 15 is 0 Å². The van der Waals surface area contributed by atoms with Crippen LogP contribution >= 0.6 is 35.3 Å². The van der Waals surface area contributed by atoms with Gasteiger partial charge < -0.3 is 10.6 Å². The maximum atomic E-state index is 4.72. The van der Waals surface area contributed by atoms with E-state index in [9.17, 15) is 0 Å². The van der Waals surface area contributed by atoms with Gasteiger partial charge in [-0.1, -0.05) is 33.1 Å². The van der Waals surface area contributed by atoms with Gasteiger partial charge in [-0.15, -0.1) is 35.3 Å². The molecular weight excluding hydrogens is 419 g/mol. The van der Waals surface area contributed by atoms with Crippen molar-refractivity contribution in [3.05, 3.63) is 16.1 Å². The molecule has 1 aliphatic rings. The standard InChI is InChI=1S/C17H30N4S.HI/c1-4-13-8-7-9-14(10-13)21-17(18-6-3)20-12-16-19-11-15(5-2)22-16;/h11,13-14H,4-10,12H2,1-3H3,(H2,18,20,21);1H. The van der Waals surface area contributed by atoms with Crippen LogP contribution in [0.2, 0.25) is 0 Å². The summed E-state index contributed by atoms with van der Waals surface area (Å²) in [5, 5.41) is 8.10. The summed E-state index contributed by atoms with van der Waals surface area (Å²) in [6, 6.07) is 0.569. The Morgan fingerprint density at radius 1 is 1.35 bits per heavy atom. The number of aromatic nitrogens is 1. The van der Waals surface area contributed by atoms with E-state index in [1.54, 1.807) is 11.3 Å². The third kappa shape index (κ3) is 6.95. The molecule has 2 unspecified atom stereocenters. The summed E-state index contributed by atoms with van der Waals surface area (Å²) in [5.41, 5.74) is 0. The molecule has 23 heavy (non-hydrogen) atoms. The van der Waals surface area contributed by atoms with Crippen LogP contribution in [-0.2, 0) is 13.0 Å². The molecule has 0 amide bonds. The van der Waals surface area contributed by atoms with Crippen LogP contribution in [0.4, 0.5) is 0 Å². The van der Waals surface area contributed by atoms with E-state index in [1.807, 2.05) is 6.20 Å². The van der Waals surface area contributed by atoms with Crippen molar-refractivity contribution in [2.24, 2.45) is 10.9 Å². The first-order chi connectivity index (χ1) is 10.7. The number of nitrogens with zero attached hydrogens (tertiary/aromatic N) is 2. The number of thiazole rings is 1. The third-order valence-corrected chi connectivity index (χ3v) is 5.49. The second-order valence-corrected chi connectivity index (χ2v) is 7.25. The smallest absolute Gasteiger partial charge is 0.191 e. The van der Waals surface area contributed by atoms with Gasteiger partial charge in [-0.2, -0.15) is 0 Å². The molecule has 2 atom stereocenters. The van der Waals surface area contributed by atoms with Crippen molar-refractivity contribution in [3.8, 4) is 0 Å². The highest BCUT2D eigenvalue weighted by molar-refractivity contribution is 14.0. The molecular formula is C17H31IN4S. The molecule has 1 aromatic heterocycles. The Bertz CT molecular complexity index is 475. The average molecular weight is 450 g/mol. The minimum atomic E-state index is 0. The largest absolute Gasteiger partial charge is 0.357 e. The van der Waals surface area contributed by atoms with Gasteiger partial charge in [-0.3, -0.25) is 0 Å². The van der Waals surface area contributed by atoms with Gasteiger partial charge in [0.25, 0.3) is 0 Å². The molecule has 0 aromatic carbocycles. The quantitative estimate of drug-likeness (QED) is 0.385. The lowest BCUT2D eigenvalue weighted by molar-refractivity contribution is 0.298. The van der Waals surface area contributed by atoms with Crippen LogP contribution < -0.4 is 10.6 Å². The van der Waals surface area contributed by atoms with Crippen LogP contribution in [0.15, 0.2) is 11.2 Å². The fourth-order valence-corrected chi connectivity index (χ4v) is 3.82. The van der Waals surface area contributed by atoms with E-state index in [0.29, 0.717) is 12.6 Å². The molecule has 0 aliphatic heterocycles. The molecule has 1 fully saturated rings. The minimum Gasteiger partial charge on any atom is -0.357 e. The molecule has 0 bridgehead atoms. The lowest BCUT2D eigenvalue weighted by atomic mass is 9.84. The van der Waals surface area contributed by atoms with Crippen molar-refractivity contribution >= 4 is 41.3 Å². The SMILES string of the molecule is CCNC(=NCc1ncc(CC)s1)NC1CCCC(CC)C1.I. The molecule has 0 saturated heterocycles. The van der Waals surface area contributed by atoms with Crippen molar-refractivity contribution in [2.45, 2.75) is 71.9 Å². The van der Waals surface area contributed by atoms with E-state index in [4.69, 9.17) is 4.99 Å². The van der Waals surface area contributed by atoms with E-state index in [-0.39, 0.29) is 24.0 Å². The van der Waals surface area contributed by atoms with Crippen LogP contribution in [0.1, 0.15) is 62.8 Å². The fourth-order valence-electron chi connectivity index (χ4n) is 3.04. The minimum absolute atomic E-state index is 0. The second kappa shape index (κ2) is 11.2. The Hall–Kier alpha value is -0.370. The van der Waals surface area contributed by atoms with Crippen LogP contribution in [0.25, 0.3) is 0 Å². The first kappa shape index (κ1) is 20.7. The molecule has 0 spiro atoms. The maximum absolute atomic E-state index is 4.72. The van der Waals surface area contributed by atoms with Crippen molar-refractivity contribution in [1.82, 2.24) is 15.6 Å². The Kier molecular flexibility index (Phi) is 10.1. The molecule has 1 heterocycles. The Labute approximate surface area is 162 Å². The first-order valence-corrected chi connectivity index (χ1v) is 9.55. The highest BCUT2D eigenvalue weighted by Gasteiger charge is 2.21. The summed E-state index contributed by atoms with van der Waals surface area (Å²) in [6.07, 6.45) is 9.59. The van der Waals surface area contributed by atoms with E-state index in [0.717, 1.165) is 29.9 Å². The van der Waals surface area contributed by atoms with Crippen LogP contribution in [-0.4, -0.2) is 23.5 Å². The van der Waals surface area contributed by atoms with Gasteiger partial charge in [-0.05, 0) is 32.1 Å². The van der Waals surface area contributed by atoms with Gasteiger partial charge in [0.05, 0.1) is 6.54 Å². The Morgan fingerprint density at radius 3 is 2.83 bits per heavy atom. The first-order valence-electron chi connectivity index (χ1n) is 8.73. The zero-order valence-corrected chi connectivity index (χ0v) is 17.7. The molecule has 1 aromatic rings. The number of halogens is 1. The number of hydrogen-bond acceptors (Lipinski definition) is 3. The molecule has 2 N–H and O–H groups in total. The second-order valence-electron chi connectivity index (χ2n) is 6.05. The van der Waals surface area contributed by atoms with E-state index in [1.165, 1.54) is 37.0 Å². The Balaban J connectivity index is 0.00000264. The lowest BCUT2D eigenvalue weighted by Crippen LogP contribution is -2.45. The molecule has 132 valence electrons. The van der Waals surface area contributed by atoms with Gasteiger partial charge in [0, 0.05) is 23.7 Å². The molecule has 6 heteroatoms. The number of aliphatic imine (C=N–C) groups is 1. The summed E-state index contributed by atoms with van der Waals surface area (Å²) < 4.78 is 0. The van der Waals surface area contributed by atoms with Crippen molar-refractivity contribution < 1.29 is 0 Å².